The number of carbonyl (C=O) groups is 2. The molecule has 0 saturated carbocycles. The molecule has 0 unspecified atom stereocenters. The number of esters is 1. The Morgan fingerprint density at radius 1 is 1.12 bits per heavy atom. The second-order valence-corrected chi connectivity index (χ2v) is 8.45. The van der Waals surface area contributed by atoms with Crippen molar-refractivity contribution in [2.45, 2.75) is 24.8 Å². The van der Waals surface area contributed by atoms with Gasteiger partial charge < -0.3 is 19.2 Å². The molecule has 3 N–H and O–H groups in total. The van der Waals surface area contributed by atoms with Crippen LogP contribution in [-0.2, 0) is 24.3 Å². The highest BCUT2D eigenvalue weighted by atomic mass is 32.2. The lowest BCUT2D eigenvalue weighted by Gasteiger charge is -2.14. The fourth-order valence-corrected chi connectivity index (χ4v) is 3.31. The molecule has 1 atom stereocenters. The van der Waals surface area contributed by atoms with Crippen LogP contribution in [0.4, 0.5) is 5.69 Å². The lowest BCUT2D eigenvalue weighted by Crippen LogP contribution is -2.31. The van der Waals surface area contributed by atoms with Crippen molar-refractivity contribution in [3.8, 4) is 5.75 Å². The van der Waals surface area contributed by atoms with Crippen molar-refractivity contribution in [1.29, 1.82) is 0 Å². The van der Waals surface area contributed by atoms with Gasteiger partial charge in [-0.25, -0.2) is 23.1 Å². The number of benzene rings is 2. The maximum absolute atomic E-state index is 12.2. The van der Waals surface area contributed by atoms with Gasteiger partial charge in [0, 0.05) is 23.2 Å². The first kappa shape index (κ1) is 23.0. The van der Waals surface area contributed by atoms with Gasteiger partial charge in [-0.1, -0.05) is 0 Å². The fraction of sp³-hybridized carbons (Fsp3) is 0.190. The predicted molar refractivity (Wildman–Crippen MR) is 115 cm³/mol. The van der Waals surface area contributed by atoms with Crippen LogP contribution in [0.3, 0.4) is 0 Å². The van der Waals surface area contributed by atoms with E-state index in [1.807, 2.05) is 0 Å². The number of ether oxygens (including phenoxy) is 2. The first-order valence-corrected chi connectivity index (χ1v) is 10.9. The van der Waals surface area contributed by atoms with Gasteiger partial charge in [-0.05, 0) is 55.8 Å². The van der Waals surface area contributed by atoms with Gasteiger partial charge in [0.25, 0.3) is 5.91 Å². The number of anilines is 1. The number of primary sulfonamides is 1. The summed E-state index contributed by atoms with van der Waals surface area (Å²) in [4.78, 5) is 35.6. The van der Waals surface area contributed by atoms with Crippen molar-refractivity contribution < 1.29 is 31.9 Å². The topological polar surface area (TPSA) is 155 Å². The lowest BCUT2D eigenvalue weighted by molar-refractivity contribution is -0.155. The van der Waals surface area contributed by atoms with E-state index < -0.39 is 40.2 Å². The molecule has 3 aromatic rings. The van der Waals surface area contributed by atoms with Crippen molar-refractivity contribution >= 4 is 38.6 Å². The average Bonchev–Trinajstić information content (AvgIpc) is 2.71. The number of hydrogen-bond donors (Lipinski definition) is 2. The molecule has 10 nitrogen and oxygen atoms in total. The van der Waals surface area contributed by atoms with Gasteiger partial charge in [-0.15, -0.1) is 0 Å². The van der Waals surface area contributed by atoms with E-state index in [1.165, 1.54) is 43.3 Å². The lowest BCUT2D eigenvalue weighted by atomic mass is 10.1. The van der Waals surface area contributed by atoms with E-state index in [0.717, 1.165) is 10.9 Å². The number of sulfonamides is 1. The second kappa shape index (κ2) is 9.20. The summed E-state index contributed by atoms with van der Waals surface area (Å²) in [6.07, 6.45) is -1.14. The van der Waals surface area contributed by atoms with Crippen molar-refractivity contribution in [2.75, 3.05) is 11.9 Å². The molecule has 1 aromatic heterocycles. The monoisotopic (exact) mass is 460 g/mol. The summed E-state index contributed by atoms with van der Waals surface area (Å²) >= 11 is 0. The van der Waals surface area contributed by atoms with Crippen LogP contribution in [0.15, 0.2) is 62.6 Å². The largest absolute Gasteiger partial charge is 0.482 e. The third-order valence-electron chi connectivity index (χ3n) is 4.41. The molecular weight excluding hydrogens is 440 g/mol. The van der Waals surface area contributed by atoms with Crippen LogP contribution in [-0.4, -0.2) is 33.0 Å². The molecule has 0 aliphatic rings. The summed E-state index contributed by atoms with van der Waals surface area (Å²) in [7, 11) is -3.84. The Morgan fingerprint density at radius 3 is 2.47 bits per heavy atom. The summed E-state index contributed by atoms with van der Waals surface area (Å²) in [5, 5.41) is 8.25. The number of aryl methyl sites for hydroxylation is 1. The van der Waals surface area contributed by atoms with Crippen LogP contribution in [0.5, 0.6) is 5.75 Å². The number of amides is 1. The maximum atomic E-state index is 12.2. The molecule has 3 rings (SSSR count). The van der Waals surface area contributed by atoms with Crippen LogP contribution in [0.25, 0.3) is 11.0 Å². The van der Waals surface area contributed by atoms with Gasteiger partial charge in [-0.3, -0.25) is 4.79 Å². The summed E-state index contributed by atoms with van der Waals surface area (Å²) < 4.78 is 38.0. The molecule has 1 heterocycles. The standard InChI is InChI=1S/C21H20N2O8S/c1-12-9-19(24)31-18-10-15(5-8-17(12)18)29-11-20(25)30-13(2)21(26)23-14-3-6-16(7-4-14)32(22,27)28/h3-10,13H,11H2,1-2H3,(H,23,26)(H2,22,27,28)/t13-/m1/s1. The summed E-state index contributed by atoms with van der Waals surface area (Å²) in [6.45, 7) is 2.68. The minimum absolute atomic E-state index is 0.102. The molecular formula is C21H20N2O8S. The number of rotatable bonds is 7. The zero-order valence-corrected chi connectivity index (χ0v) is 18.0. The predicted octanol–water partition coefficient (Wildman–Crippen LogP) is 1.70. The highest BCUT2D eigenvalue weighted by Gasteiger charge is 2.19. The zero-order chi connectivity index (χ0) is 23.5. The molecule has 2 aromatic carbocycles. The number of nitrogens with one attached hydrogen (secondary N) is 1. The van der Waals surface area contributed by atoms with Crippen LogP contribution in [0, 0.1) is 6.92 Å². The van der Waals surface area contributed by atoms with Crippen LogP contribution in [0.1, 0.15) is 12.5 Å². The van der Waals surface area contributed by atoms with E-state index in [9.17, 15) is 22.8 Å². The molecule has 0 spiro atoms. The third kappa shape index (κ3) is 5.71. The second-order valence-electron chi connectivity index (χ2n) is 6.89. The molecule has 11 heteroatoms. The fourth-order valence-electron chi connectivity index (χ4n) is 2.79. The SMILES string of the molecule is Cc1cc(=O)oc2cc(OCC(=O)O[C@H](C)C(=O)Nc3ccc(S(N)(=O)=O)cc3)ccc12. The van der Waals surface area contributed by atoms with Crippen LogP contribution >= 0.6 is 0 Å². The van der Waals surface area contributed by atoms with E-state index >= 15 is 0 Å². The average molecular weight is 460 g/mol. The minimum atomic E-state index is -3.84. The van der Waals surface area contributed by atoms with Crippen molar-refractivity contribution in [1.82, 2.24) is 0 Å². The highest BCUT2D eigenvalue weighted by Crippen LogP contribution is 2.22. The molecule has 0 fully saturated rings. The Hall–Kier alpha value is -3.70. The number of fused-ring (bicyclic) bond motifs is 1. The summed E-state index contributed by atoms with van der Waals surface area (Å²) in [6, 6.07) is 11.4. The van der Waals surface area contributed by atoms with E-state index in [1.54, 1.807) is 19.1 Å². The van der Waals surface area contributed by atoms with Gasteiger partial charge in [0.1, 0.15) is 11.3 Å². The number of nitrogens with two attached hydrogens (primary N) is 1. The molecule has 32 heavy (non-hydrogen) atoms. The zero-order valence-electron chi connectivity index (χ0n) is 17.2. The van der Waals surface area contributed by atoms with Gasteiger partial charge in [-0.2, -0.15) is 0 Å². The molecule has 1 amide bonds. The summed E-state index contributed by atoms with van der Waals surface area (Å²) in [5.74, 6) is -1.12. The van der Waals surface area contributed by atoms with Crippen LogP contribution in [0.2, 0.25) is 0 Å². The Bertz CT molecular complexity index is 1330. The Balaban J connectivity index is 1.54. The first-order chi connectivity index (χ1) is 15.0. The molecule has 0 aliphatic heterocycles. The van der Waals surface area contributed by atoms with Crippen molar-refractivity contribution in [2.24, 2.45) is 5.14 Å². The van der Waals surface area contributed by atoms with Gasteiger partial charge in [0.15, 0.2) is 12.7 Å². The molecule has 0 radical (unpaired) electrons. The van der Waals surface area contributed by atoms with Crippen molar-refractivity contribution in [3.63, 3.8) is 0 Å². The van der Waals surface area contributed by atoms with E-state index in [2.05, 4.69) is 5.32 Å². The maximum Gasteiger partial charge on any atom is 0.344 e. The number of carbonyl (C=O) groups excluding carboxylic acids is 2. The van der Waals surface area contributed by atoms with Gasteiger partial charge >= 0.3 is 11.6 Å². The number of hydrogen-bond acceptors (Lipinski definition) is 8. The minimum Gasteiger partial charge on any atom is -0.482 e. The Labute approximate surface area is 183 Å². The summed E-state index contributed by atoms with van der Waals surface area (Å²) in [5.41, 5.74) is 0.878. The van der Waals surface area contributed by atoms with E-state index in [-0.39, 0.29) is 10.6 Å². The third-order valence-corrected chi connectivity index (χ3v) is 5.34. The molecule has 0 bridgehead atoms. The molecule has 0 saturated heterocycles. The highest BCUT2D eigenvalue weighted by molar-refractivity contribution is 7.89. The molecule has 0 aliphatic carbocycles. The quantitative estimate of drug-likeness (QED) is 0.399. The normalized spacial score (nSPS) is 12.2. The van der Waals surface area contributed by atoms with Gasteiger partial charge in [0.05, 0.1) is 4.90 Å². The Kier molecular flexibility index (Phi) is 6.61. The van der Waals surface area contributed by atoms with Gasteiger partial charge in [0.2, 0.25) is 10.0 Å². The van der Waals surface area contributed by atoms with Crippen LogP contribution < -0.4 is 20.8 Å². The van der Waals surface area contributed by atoms with E-state index in [4.69, 9.17) is 19.0 Å². The smallest absolute Gasteiger partial charge is 0.344 e. The Morgan fingerprint density at radius 2 is 1.81 bits per heavy atom. The molecule has 168 valence electrons. The first-order valence-electron chi connectivity index (χ1n) is 9.33. The van der Waals surface area contributed by atoms with E-state index in [0.29, 0.717) is 11.3 Å². The van der Waals surface area contributed by atoms with Crippen molar-refractivity contribution in [3.05, 3.63) is 64.5 Å².